The van der Waals surface area contributed by atoms with Gasteiger partial charge in [0, 0.05) is 27.7 Å². The van der Waals surface area contributed by atoms with Crippen molar-refractivity contribution >= 4 is 11.6 Å². The average Bonchev–Trinajstić information content (AvgIpc) is 2.76. The molecule has 0 aromatic carbocycles. The van der Waals surface area contributed by atoms with Gasteiger partial charge in [-0.15, -0.1) is 0 Å². The number of carbonyl (C=O) groups excluding carboxylic acids is 2. The lowest BCUT2D eigenvalue weighted by Gasteiger charge is -2.70. The van der Waals surface area contributed by atoms with Gasteiger partial charge in [-0.05, 0) is 61.2 Å². The van der Waals surface area contributed by atoms with Crippen LogP contribution in [0.4, 0.5) is 0 Å². The largest absolute Gasteiger partial charge is 0.504 e. The van der Waals surface area contributed by atoms with Crippen LogP contribution in [0, 0.1) is 33.5 Å². The highest BCUT2D eigenvalue weighted by Gasteiger charge is 2.71. The molecule has 0 radical (unpaired) electrons. The molecule has 33 heavy (non-hydrogen) atoms. The van der Waals surface area contributed by atoms with Crippen LogP contribution in [-0.4, -0.2) is 39.1 Å². The first-order chi connectivity index (χ1) is 15.2. The smallest absolute Gasteiger partial charge is 0.220 e. The molecule has 0 saturated heterocycles. The zero-order chi connectivity index (χ0) is 24.3. The predicted octanol–water partition coefficient (Wildman–Crippen LogP) is 4.36. The number of allylic oxidation sites excluding steroid dienone is 6. The third-order valence-corrected chi connectivity index (χ3v) is 10.9. The van der Waals surface area contributed by atoms with Crippen LogP contribution in [0.15, 0.2) is 46.3 Å². The van der Waals surface area contributed by atoms with Gasteiger partial charge in [0.2, 0.25) is 5.78 Å². The van der Waals surface area contributed by atoms with Gasteiger partial charge >= 0.3 is 0 Å². The highest BCUT2D eigenvalue weighted by atomic mass is 16.3. The first-order valence-electron chi connectivity index (χ1n) is 12.2. The maximum Gasteiger partial charge on any atom is 0.220 e. The predicted molar refractivity (Wildman–Crippen MR) is 125 cm³/mol. The molecule has 0 aromatic rings. The minimum absolute atomic E-state index is 0.0876. The molecule has 0 aliphatic heterocycles. The molecule has 0 bridgehead atoms. The number of rotatable bonds is 0. The summed E-state index contributed by atoms with van der Waals surface area (Å²) in [5.41, 5.74) is 1.56. The number of hydrogen-bond acceptors (Lipinski definition) is 5. The third kappa shape index (κ3) is 2.45. The van der Waals surface area contributed by atoms with E-state index in [0.29, 0.717) is 18.4 Å². The molecule has 5 nitrogen and oxygen atoms in total. The second-order valence-corrected chi connectivity index (χ2v) is 12.2. The lowest BCUT2D eigenvalue weighted by atomic mass is 9.34. The average molecular weight is 453 g/mol. The van der Waals surface area contributed by atoms with E-state index >= 15 is 0 Å². The molecular weight excluding hydrogens is 416 g/mol. The van der Waals surface area contributed by atoms with E-state index < -0.39 is 28.5 Å². The first kappa shape index (κ1) is 22.8. The number of aliphatic hydroxyl groups excluding tert-OH is 3. The van der Waals surface area contributed by atoms with Crippen molar-refractivity contribution in [2.75, 3.05) is 0 Å². The fourth-order valence-corrected chi connectivity index (χ4v) is 8.53. The van der Waals surface area contributed by atoms with Crippen LogP contribution in [-0.2, 0) is 9.59 Å². The van der Waals surface area contributed by atoms with Gasteiger partial charge in [0.25, 0.3) is 0 Å². The molecule has 0 spiro atoms. The fraction of sp³-hybridized carbons (Fsp3) is 0.643. The van der Waals surface area contributed by atoms with Gasteiger partial charge in [-0.25, -0.2) is 0 Å². The molecule has 5 heteroatoms. The van der Waals surface area contributed by atoms with Crippen LogP contribution < -0.4 is 0 Å². The maximum atomic E-state index is 12.7. The minimum Gasteiger partial charge on any atom is -0.504 e. The van der Waals surface area contributed by atoms with Gasteiger partial charge in [0.05, 0.1) is 6.10 Å². The molecular formula is C28H36O5. The van der Waals surface area contributed by atoms with Crippen molar-refractivity contribution in [3.8, 4) is 0 Å². The minimum atomic E-state index is -1.06. The molecule has 0 amide bonds. The molecule has 0 unspecified atom stereocenters. The zero-order valence-corrected chi connectivity index (χ0v) is 20.5. The third-order valence-electron chi connectivity index (χ3n) is 10.9. The molecule has 5 rings (SSSR count). The number of aliphatic hydroxyl groups is 3. The van der Waals surface area contributed by atoms with Crippen molar-refractivity contribution in [3.63, 3.8) is 0 Å². The number of hydrogen-bond donors (Lipinski definition) is 3. The summed E-state index contributed by atoms with van der Waals surface area (Å²) in [4.78, 5) is 25.3. The fourth-order valence-electron chi connectivity index (χ4n) is 8.53. The number of Topliss-reactive ketones (excluding diaryl/α,β-unsaturated/α-hetero) is 1. The van der Waals surface area contributed by atoms with Gasteiger partial charge in [0.1, 0.15) is 6.10 Å². The molecule has 3 saturated carbocycles. The van der Waals surface area contributed by atoms with E-state index in [1.807, 2.05) is 19.9 Å². The Labute approximate surface area is 196 Å². The van der Waals surface area contributed by atoms with Crippen LogP contribution >= 0.6 is 0 Å². The lowest BCUT2D eigenvalue weighted by Crippen LogP contribution is -2.69. The summed E-state index contributed by atoms with van der Waals surface area (Å²) in [5.74, 6) is -0.777. The van der Waals surface area contributed by atoms with Crippen LogP contribution in [0.2, 0.25) is 0 Å². The summed E-state index contributed by atoms with van der Waals surface area (Å²) in [6.07, 6.45) is 6.58. The second kappa shape index (κ2) is 6.57. The maximum absolute atomic E-state index is 12.7. The van der Waals surface area contributed by atoms with Crippen molar-refractivity contribution in [2.45, 2.75) is 79.4 Å². The molecule has 3 N–H and O–H groups in total. The van der Waals surface area contributed by atoms with E-state index in [4.69, 9.17) is 0 Å². The molecule has 178 valence electrons. The van der Waals surface area contributed by atoms with E-state index in [1.54, 1.807) is 13.0 Å². The van der Waals surface area contributed by atoms with Gasteiger partial charge in [-0.1, -0.05) is 52.3 Å². The van der Waals surface area contributed by atoms with Gasteiger partial charge in [-0.3, -0.25) is 9.59 Å². The molecule has 3 fully saturated rings. The van der Waals surface area contributed by atoms with Crippen molar-refractivity contribution in [3.05, 3.63) is 46.3 Å². The number of fused-ring (bicyclic) bond motifs is 7. The summed E-state index contributed by atoms with van der Waals surface area (Å²) in [7, 11) is 0. The Morgan fingerprint density at radius 1 is 1.03 bits per heavy atom. The first-order valence-corrected chi connectivity index (χ1v) is 12.2. The van der Waals surface area contributed by atoms with E-state index in [2.05, 4.69) is 26.8 Å². The standard InChI is InChI=1S/C28H36O5/c1-14-11-20-26(4,24(33)22(14)31)13-21(30)28(6)19-8-7-16-15(2)23(32)18(29)12-17(16)25(19,3)9-10-27(20,28)5/h7-8,12,14,20-21,24,30,32-33H,9-11,13H2,1-6H3/t14-,20-,21+,24-,25+,26-,27+,28+/m1/s1. The van der Waals surface area contributed by atoms with Crippen molar-refractivity contribution in [1.82, 2.24) is 0 Å². The van der Waals surface area contributed by atoms with Crippen LogP contribution in [0.1, 0.15) is 67.2 Å². The lowest BCUT2D eigenvalue weighted by molar-refractivity contribution is -0.226. The summed E-state index contributed by atoms with van der Waals surface area (Å²) in [6.45, 7) is 12.2. The Balaban J connectivity index is 1.70. The van der Waals surface area contributed by atoms with Gasteiger partial charge in [-0.2, -0.15) is 0 Å². The molecule has 0 heterocycles. The SMILES string of the molecule is CC1=C(O)C(=O)C=C2C1=CC=C1[C@@]2(C)CC[C@@]2(C)[C@@H]3C[C@@H](C)C(=O)[C@@H](O)[C@]3(C)C[C@H](O)[C@]12C. The number of ketones is 2. The Bertz CT molecular complexity index is 1110. The Morgan fingerprint density at radius 3 is 2.36 bits per heavy atom. The van der Waals surface area contributed by atoms with Gasteiger partial charge < -0.3 is 15.3 Å². The highest BCUT2D eigenvalue weighted by Crippen LogP contribution is 2.74. The summed E-state index contributed by atoms with van der Waals surface area (Å²) >= 11 is 0. The van der Waals surface area contributed by atoms with E-state index in [-0.39, 0.29) is 34.6 Å². The van der Waals surface area contributed by atoms with Crippen molar-refractivity contribution in [1.29, 1.82) is 0 Å². The summed E-state index contributed by atoms with van der Waals surface area (Å²) < 4.78 is 0. The quantitative estimate of drug-likeness (QED) is 0.508. The normalized spacial score (nSPS) is 49.3. The van der Waals surface area contributed by atoms with Crippen LogP contribution in [0.25, 0.3) is 0 Å². The molecule has 5 aliphatic rings. The Kier molecular flexibility index (Phi) is 4.54. The van der Waals surface area contributed by atoms with Crippen molar-refractivity contribution in [2.24, 2.45) is 33.5 Å². The molecule has 5 aliphatic carbocycles. The zero-order valence-electron chi connectivity index (χ0n) is 20.5. The van der Waals surface area contributed by atoms with E-state index in [0.717, 1.165) is 29.6 Å². The Morgan fingerprint density at radius 2 is 1.70 bits per heavy atom. The highest BCUT2D eigenvalue weighted by molar-refractivity contribution is 6.06. The second-order valence-electron chi connectivity index (χ2n) is 12.2. The topological polar surface area (TPSA) is 94.8 Å². The monoisotopic (exact) mass is 452 g/mol. The number of carbonyl (C=O) groups is 2. The van der Waals surface area contributed by atoms with E-state index in [1.165, 1.54) is 0 Å². The van der Waals surface area contributed by atoms with E-state index in [9.17, 15) is 24.9 Å². The Hall–Kier alpha value is -1.98. The van der Waals surface area contributed by atoms with Crippen molar-refractivity contribution < 1.29 is 24.9 Å². The summed E-state index contributed by atoms with van der Waals surface area (Å²) in [6, 6.07) is 0. The summed E-state index contributed by atoms with van der Waals surface area (Å²) in [5, 5.41) is 33.1. The molecule has 8 atom stereocenters. The molecule has 0 aromatic heterocycles. The van der Waals surface area contributed by atoms with Gasteiger partial charge in [0.15, 0.2) is 11.5 Å². The van der Waals surface area contributed by atoms with Crippen LogP contribution in [0.3, 0.4) is 0 Å². The van der Waals surface area contributed by atoms with Crippen LogP contribution in [0.5, 0.6) is 0 Å².